The largest absolute Gasteiger partial charge is 0.266 e. The summed E-state index contributed by atoms with van der Waals surface area (Å²) in [7, 11) is 0. The van der Waals surface area contributed by atoms with Crippen molar-refractivity contribution in [1.29, 1.82) is 0 Å². The smallest absolute Gasteiger partial charge is 0.0731 e. The summed E-state index contributed by atoms with van der Waals surface area (Å²) in [5.74, 6) is 1.50. The zero-order chi connectivity index (χ0) is 16.4. The van der Waals surface area contributed by atoms with Crippen LogP contribution in [0.3, 0.4) is 0 Å². The zero-order valence-corrected chi connectivity index (χ0v) is 15.1. The summed E-state index contributed by atoms with van der Waals surface area (Å²) in [5, 5.41) is 5.01. The van der Waals surface area contributed by atoms with Crippen molar-refractivity contribution in [3.05, 3.63) is 41.7 Å². The first-order chi connectivity index (χ1) is 10.3. The Morgan fingerprint density at radius 1 is 0.864 bits per heavy atom. The van der Waals surface area contributed by atoms with Gasteiger partial charge in [0.25, 0.3) is 0 Å². The number of hydrogen-bond donors (Lipinski definition) is 0. The second-order valence-corrected chi connectivity index (χ2v) is 7.24. The van der Waals surface area contributed by atoms with Gasteiger partial charge in [0.1, 0.15) is 0 Å². The monoisotopic (exact) mass is 298 g/mol. The lowest BCUT2D eigenvalue weighted by atomic mass is 9.87. The van der Waals surface area contributed by atoms with Gasteiger partial charge in [0.05, 0.1) is 5.69 Å². The lowest BCUT2D eigenvalue weighted by molar-refractivity contribution is 0.443. The second kappa shape index (κ2) is 6.68. The molecule has 0 saturated heterocycles. The van der Waals surface area contributed by atoms with Crippen molar-refractivity contribution >= 4 is 0 Å². The maximum atomic E-state index is 5.01. The molecule has 0 saturated carbocycles. The van der Waals surface area contributed by atoms with Crippen LogP contribution >= 0.6 is 0 Å². The van der Waals surface area contributed by atoms with Crippen LogP contribution in [0, 0.1) is 5.92 Å². The van der Waals surface area contributed by atoms with Gasteiger partial charge in [0.15, 0.2) is 0 Å². The molecular formula is C20H30N2. The summed E-state index contributed by atoms with van der Waals surface area (Å²) < 4.78 is 2.25. The van der Waals surface area contributed by atoms with E-state index in [1.54, 1.807) is 0 Å². The molecule has 0 N–H and O–H groups in total. The lowest BCUT2D eigenvalue weighted by Crippen LogP contribution is -2.14. The highest BCUT2D eigenvalue weighted by Crippen LogP contribution is 2.39. The normalized spacial score (nSPS) is 13.4. The van der Waals surface area contributed by atoms with E-state index in [2.05, 4.69) is 83.5 Å². The van der Waals surface area contributed by atoms with Crippen molar-refractivity contribution < 1.29 is 0 Å². The summed E-state index contributed by atoms with van der Waals surface area (Å²) >= 11 is 0. The van der Waals surface area contributed by atoms with Gasteiger partial charge >= 0.3 is 0 Å². The summed E-state index contributed by atoms with van der Waals surface area (Å²) in [6, 6.07) is 11.1. The molecule has 2 nitrogen and oxygen atoms in total. The molecule has 2 aromatic rings. The van der Waals surface area contributed by atoms with Crippen molar-refractivity contribution in [3.8, 4) is 11.1 Å². The van der Waals surface area contributed by atoms with Gasteiger partial charge in [-0.2, -0.15) is 5.10 Å². The highest BCUT2D eigenvalue weighted by atomic mass is 15.3. The maximum Gasteiger partial charge on any atom is 0.0731 e. The van der Waals surface area contributed by atoms with Gasteiger partial charge in [0, 0.05) is 23.2 Å². The Balaban J connectivity index is 2.77. The average Bonchev–Trinajstić information content (AvgIpc) is 2.87. The van der Waals surface area contributed by atoms with Gasteiger partial charge in [-0.15, -0.1) is 0 Å². The maximum absolute atomic E-state index is 5.01. The van der Waals surface area contributed by atoms with Crippen LogP contribution in [0.4, 0.5) is 0 Å². The Bertz CT molecular complexity index is 606. The summed E-state index contributed by atoms with van der Waals surface area (Å²) in [5.41, 5.74) is 5.26. The molecule has 0 radical (unpaired) electrons. The Hall–Kier alpha value is -1.57. The molecule has 2 rings (SSSR count). The zero-order valence-electron chi connectivity index (χ0n) is 15.1. The van der Waals surface area contributed by atoms with Crippen LogP contribution in [0.1, 0.15) is 77.7 Å². The molecule has 1 unspecified atom stereocenters. The third-order valence-electron chi connectivity index (χ3n) is 4.50. The minimum Gasteiger partial charge on any atom is -0.266 e. The average molecular weight is 298 g/mol. The van der Waals surface area contributed by atoms with Crippen molar-refractivity contribution in [2.45, 2.75) is 66.3 Å². The third-order valence-corrected chi connectivity index (χ3v) is 4.50. The van der Waals surface area contributed by atoms with E-state index >= 15 is 0 Å². The molecule has 2 heteroatoms. The molecule has 22 heavy (non-hydrogen) atoms. The quantitative estimate of drug-likeness (QED) is 0.660. The first-order valence-corrected chi connectivity index (χ1v) is 8.52. The van der Waals surface area contributed by atoms with E-state index in [4.69, 9.17) is 5.10 Å². The molecule has 0 spiro atoms. The van der Waals surface area contributed by atoms with Crippen molar-refractivity contribution in [2.75, 3.05) is 0 Å². The SMILES string of the molecule is CC(C)c1nn(C(C)C)c(C(C)C(C)C)c1-c1ccccc1. The van der Waals surface area contributed by atoms with Crippen LogP contribution in [0.5, 0.6) is 0 Å². The fourth-order valence-corrected chi connectivity index (χ4v) is 2.92. The molecule has 0 amide bonds. The van der Waals surface area contributed by atoms with E-state index in [1.807, 2.05) is 0 Å². The number of nitrogens with zero attached hydrogens (tertiary/aromatic N) is 2. The highest BCUT2D eigenvalue weighted by molar-refractivity contribution is 5.70. The highest BCUT2D eigenvalue weighted by Gasteiger charge is 2.27. The summed E-state index contributed by atoms with van der Waals surface area (Å²) in [4.78, 5) is 0. The molecule has 0 fully saturated rings. The van der Waals surface area contributed by atoms with E-state index in [9.17, 15) is 0 Å². The first kappa shape index (κ1) is 16.8. The van der Waals surface area contributed by atoms with Gasteiger partial charge in [0.2, 0.25) is 0 Å². The van der Waals surface area contributed by atoms with Gasteiger partial charge < -0.3 is 0 Å². The van der Waals surface area contributed by atoms with Crippen LogP contribution in [0.25, 0.3) is 11.1 Å². The van der Waals surface area contributed by atoms with E-state index in [1.165, 1.54) is 22.5 Å². The minimum absolute atomic E-state index is 0.381. The Morgan fingerprint density at radius 2 is 1.45 bits per heavy atom. The molecule has 1 aromatic carbocycles. The predicted molar refractivity (Wildman–Crippen MR) is 95.4 cm³/mol. The van der Waals surface area contributed by atoms with Gasteiger partial charge in [-0.05, 0) is 31.2 Å². The van der Waals surface area contributed by atoms with Crippen LogP contribution in [0.2, 0.25) is 0 Å². The van der Waals surface area contributed by atoms with Crippen LogP contribution in [-0.2, 0) is 0 Å². The van der Waals surface area contributed by atoms with E-state index in [0.29, 0.717) is 23.8 Å². The molecule has 120 valence electrons. The fraction of sp³-hybridized carbons (Fsp3) is 0.550. The Morgan fingerprint density at radius 3 is 1.91 bits per heavy atom. The topological polar surface area (TPSA) is 17.8 Å². The lowest BCUT2D eigenvalue weighted by Gasteiger charge is -2.21. The molecule has 1 heterocycles. The predicted octanol–water partition coefficient (Wildman–Crippen LogP) is 6.01. The Kier molecular flexibility index (Phi) is 5.10. The molecule has 0 aliphatic heterocycles. The third kappa shape index (κ3) is 3.11. The minimum atomic E-state index is 0.381. The van der Waals surface area contributed by atoms with Gasteiger partial charge in [-0.25, -0.2) is 0 Å². The number of hydrogen-bond acceptors (Lipinski definition) is 1. The molecule has 0 bridgehead atoms. The number of benzene rings is 1. The Labute approximate surface area is 135 Å². The number of rotatable bonds is 5. The van der Waals surface area contributed by atoms with Crippen LogP contribution in [-0.4, -0.2) is 9.78 Å². The van der Waals surface area contributed by atoms with Gasteiger partial charge in [-0.3, -0.25) is 4.68 Å². The molecule has 1 aromatic heterocycles. The van der Waals surface area contributed by atoms with E-state index in [-0.39, 0.29) is 0 Å². The van der Waals surface area contributed by atoms with Crippen LogP contribution in [0.15, 0.2) is 30.3 Å². The van der Waals surface area contributed by atoms with Crippen molar-refractivity contribution in [1.82, 2.24) is 9.78 Å². The molecule has 0 aliphatic rings. The standard InChI is InChI=1S/C20H30N2/c1-13(2)16(7)20-18(17-11-9-8-10-12-17)19(14(3)4)21-22(20)15(5)6/h8-16H,1-7H3. The summed E-state index contributed by atoms with van der Waals surface area (Å²) in [6.07, 6.45) is 0. The van der Waals surface area contributed by atoms with Crippen molar-refractivity contribution in [3.63, 3.8) is 0 Å². The first-order valence-electron chi connectivity index (χ1n) is 8.52. The number of aromatic nitrogens is 2. The molecule has 0 aliphatic carbocycles. The molecule has 1 atom stereocenters. The summed E-state index contributed by atoms with van der Waals surface area (Å²) in [6.45, 7) is 15.9. The second-order valence-electron chi connectivity index (χ2n) is 7.24. The van der Waals surface area contributed by atoms with Crippen LogP contribution < -0.4 is 0 Å². The van der Waals surface area contributed by atoms with Gasteiger partial charge in [-0.1, -0.05) is 65.0 Å². The van der Waals surface area contributed by atoms with E-state index in [0.717, 1.165) is 0 Å². The fourth-order valence-electron chi connectivity index (χ4n) is 2.92. The van der Waals surface area contributed by atoms with Crippen molar-refractivity contribution in [2.24, 2.45) is 5.92 Å². The molecular weight excluding hydrogens is 268 g/mol. The van der Waals surface area contributed by atoms with E-state index < -0.39 is 0 Å².